The Bertz CT molecular complexity index is 1120. The van der Waals surface area contributed by atoms with Crippen LogP contribution in [-0.2, 0) is 0 Å². The van der Waals surface area contributed by atoms with E-state index in [4.69, 9.17) is 18.9 Å². The Hall–Kier alpha value is -2.60. The second-order valence-corrected chi connectivity index (χ2v) is 25.5. The molecule has 8 heteroatoms. The van der Waals surface area contributed by atoms with Gasteiger partial charge in [0.25, 0.3) is 0 Å². The van der Waals surface area contributed by atoms with Gasteiger partial charge >= 0.3 is 31.7 Å². The van der Waals surface area contributed by atoms with Crippen molar-refractivity contribution in [1.82, 2.24) is 0 Å². The second kappa shape index (κ2) is 14.2. The van der Waals surface area contributed by atoms with Crippen molar-refractivity contribution in [2.75, 3.05) is 28.4 Å². The summed E-state index contributed by atoms with van der Waals surface area (Å²) in [6.07, 6.45) is 0. The van der Waals surface area contributed by atoms with E-state index in [1.165, 1.54) is 14.3 Å². The fourth-order valence-electron chi connectivity index (χ4n) is 3.41. The molecule has 0 fully saturated rings. The van der Waals surface area contributed by atoms with E-state index in [1.807, 2.05) is 12.1 Å². The predicted octanol–water partition coefficient (Wildman–Crippen LogP) is -6.33. The zero-order valence-electron chi connectivity index (χ0n) is 20.4. The standard InChI is InChI=1S/C28H28I2O4.2FH/c1-31-23-17-13-21(14-18-23)29(25-9-5-7-11-27(25)33-3)30(22-15-19-24(32-2)20-16-22)26-10-6-8-12-28(26)34-4;;/h5-20H,1-4H3;2*1H/q+2;;/p-2. The number of hydrogen-bond acceptors (Lipinski definition) is 4. The maximum absolute atomic E-state index is 5.90. The molecular weight excluding hydrogens is 692 g/mol. The zero-order chi connectivity index (χ0) is 23.9. The molecule has 4 aromatic carbocycles. The van der Waals surface area contributed by atoms with E-state index in [0.29, 0.717) is 0 Å². The van der Waals surface area contributed by atoms with E-state index >= 15 is 0 Å². The first kappa shape index (κ1) is 29.6. The van der Waals surface area contributed by atoms with Crippen LogP contribution in [0.1, 0.15) is 0 Å². The summed E-state index contributed by atoms with van der Waals surface area (Å²) in [6.45, 7) is 0. The lowest BCUT2D eigenvalue weighted by atomic mass is 10.3. The molecule has 0 aliphatic rings. The average Bonchev–Trinajstić information content (AvgIpc) is 2.92. The summed E-state index contributed by atoms with van der Waals surface area (Å²) < 4.78 is 28.1. The van der Waals surface area contributed by atoms with Crippen molar-refractivity contribution in [2.24, 2.45) is 0 Å². The summed E-state index contributed by atoms with van der Waals surface area (Å²) in [5.41, 5.74) is 0. The molecule has 0 aliphatic carbocycles. The minimum Gasteiger partial charge on any atom is -1.00 e. The van der Waals surface area contributed by atoms with Gasteiger partial charge < -0.3 is 28.4 Å². The van der Waals surface area contributed by atoms with Crippen LogP contribution in [0.15, 0.2) is 97.1 Å². The van der Waals surface area contributed by atoms with Gasteiger partial charge in [0.15, 0.2) is 18.6 Å². The molecule has 4 nitrogen and oxygen atoms in total. The molecule has 0 saturated carbocycles. The number of para-hydroxylation sites is 2. The summed E-state index contributed by atoms with van der Waals surface area (Å²) in [5.74, 6) is 3.63. The van der Waals surface area contributed by atoms with Crippen LogP contribution in [0.2, 0.25) is 0 Å². The number of hydrogen-bond donors (Lipinski definition) is 0. The van der Waals surface area contributed by atoms with Gasteiger partial charge in [-0.3, -0.25) is 0 Å². The van der Waals surface area contributed by atoms with Gasteiger partial charge in [0.1, 0.15) is 11.5 Å². The molecule has 0 heterocycles. The van der Waals surface area contributed by atoms with E-state index < -0.39 is 31.7 Å². The van der Waals surface area contributed by atoms with Gasteiger partial charge in [-0.15, -0.1) is 0 Å². The third-order valence-corrected chi connectivity index (χ3v) is 31.0. The monoisotopic (exact) mass is 720 g/mol. The van der Waals surface area contributed by atoms with Crippen molar-refractivity contribution in [1.29, 1.82) is 0 Å². The average molecular weight is 720 g/mol. The lowest BCUT2D eigenvalue weighted by Gasteiger charge is -2.12. The molecule has 4 aromatic rings. The molecule has 0 amide bonds. The zero-order valence-corrected chi connectivity index (χ0v) is 24.7. The van der Waals surface area contributed by atoms with Crippen molar-refractivity contribution in [3.8, 4) is 23.0 Å². The Morgan fingerprint density at radius 1 is 0.417 bits per heavy atom. The van der Waals surface area contributed by atoms with Gasteiger partial charge in [0.2, 0.25) is 7.14 Å². The largest absolute Gasteiger partial charge is 1.00 e. The van der Waals surface area contributed by atoms with Gasteiger partial charge in [-0.1, -0.05) is 24.3 Å². The van der Waals surface area contributed by atoms with Gasteiger partial charge in [-0.05, 0) is 72.8 Å². The predicted molar refractivity (Wildman–Crippen MR) is 127 cm³/mol. The first-order valence-corrected chi connectivity index (χ1v) is 21.2. The van der Waals surface area contributed by atoms with Crippen LogP contribution < -0.4 is 60.0 Å². The van der Waals surface area contributed by atoms with Crippen molar-refractivity contribution in [3.05, 3.63) is 111 Å². The van der Waals surface area contributed by atoms with Gasteiger partial charge in [0, 0.05) is 0 Å². The van der Waals surface area contributed by atoms with E-state index in [1.54, 1.807) is 28.4 Å². The Labute approximate surface area is 221 Å². The Balaban J connectivity index is 0.00000228. The van der Waals surface area contributed by atoms with Crippen molar-refractivity contribution < 1.29 is 60.0 Å². The normalized spacial score (nSPS) is 10.3. The number of rotatable bonds is 9. The van der Waals surface area contributed by atoms with Crippen LogP contribution in [0.5, 0.6) is 23.0 Å². The highest BCUT2D eigenvalue weighted by Crippen LogP contribution is 2.11. The Kier molecular flexibility index (Phi) is 11.7. The van der Waals surface area contributed by atoms with E-state index in [0.717, 1.165) is 23.0 Å². The summed E-state index contributed by atoms with van der Waals surface area (Å²) in [4.78, 5) is 0. The van der Waals surface area contributed by atoms with Crippen LogP contribution in [0, 0.1) is 14.3 Å². The Morgan fingerprint density at radius 2 is 0.750 bits per heavy atom. The molecule has 0 bridgehead atoms. The molecule has 36 heavy (non-hydrogen) atoms. The van der Waals surface area contributed by atoms with Crippen LogP contribution in [0.4, 0.5) is 0 Å². The summed E-state index contributed by atoms with van der Waals surface area (Å²) in [5, 5.41) is 0. The van der Waals surface area contributed by atoms with Gasteiger partial charge in [-0.2, -0.15) is 0 Å². The molecule has 0 spiro atoms. The summed E-state index contributed by atoms with van der Waals surface area (Å²) in [7, 11) is 6.93. The molecule has 0 saturated heterocycles. The van der Waals surface area contributed by atoms with Crippen molar-refractivity contribution in [2.45, 2.75) is 0 Å². The molecule has 0 N–H and O–H groups in total. The SMILES string of the molecule is COc1ccc([I+](c2ccccc2OC)[I+](c2ccc(OC)cc2)c2ccccc2OC)cc1.[F-].[F-]. The smallest absolute Gasteiger partial charge is 0.362 e. The molecule has 2 radical (unpaired) electrons. The quantitative estimate of drug-likeness (QED) is 0.162. The number of halogens is 4. The van der Waals surface area contributed by atoms with E-state index in [2.05, 4.69) is 84.9 Å². The lowest BCUT2D eigenvalue weighted by Crippen LogP contribution is -4.47. The molecule has 0 atom stereocenters. The fraction of sp³-hybridized carbons (Fsp3) is 0.143. The number of ether oxygens (including phenoxy) is 4. The van der Waals surface area contributed by atoms with Crippen LogP contribution in [0.3, 0.4) is 0 Å². The molecule has 4 rings (SSSR count). The minimum absolute atomic E-state index is 0. The lowest BCUT2D eigenvalue weighted by molar-refractivity contribution is -1.47. The molecule has 0 aromatic heterocycles. The molecular formula is C28H28F2I2O4. The summed E-state index contributed by atoms with van der Waals surface area (Å²) >= 11 is -4.13. The number of methoxy groups -OCH3 is 4. The third-order valence-electron chi connectivity index (χ3n) is 5.10. The van der Waals surface area contributed by atoms with Crippen molar-refractivity contribution in [3.63, 3.8) is 0 Å². The van der Waals surface area contributed by atoms with Crippen LogP contribution >= 0.6 is 0 Å². The first-order chi connectivity index (χ1) is 16.7. The highest BCUT2D eigenvalue weighted by Gasteiger charge is 2.56. The Morgan fingerprint density at radius 3 is 1.06 bits per heavy atom. The minimum atomic E-state index is -2.07. The molecule has 192 valence electrons. The van der Waals surface area contributed by atoms with Crippen LogP contribution in [0.25, 0.3) is 0 Å². The van der Waals surface area contributed by atoms with Gasteiger partial charge in [0.05, 0.1) is 28.4 Å². The fourth-order valence-corrected chi connectivity index (χ4v) is 31.7. The highest BCUT2D eigenvalue weighted by atomic mass is 128. The first-order valence-electron chi connectivity index (χ1n) is 10.6. The topological polar surface area (TPSA) is 36.9 Å². The number of benzene rings is 4. The maximum atomic E-state index is 5.90. The summed E-state index contributed by atoms with van der Waals surface area (Å²) in [6, 6.07) is 34.2. The molecule has 0 aliphatic heterocycles. The maximum Gasteiger partial charge on any atom is 0.362 e. The van der Waals surface area contributed by atoms with Gasteiger partial charge in [-0.25, -0.2) is 0 Å². The van der Waals surface area contributed by atoms with Crippen LogP contribution in [-0.4, -0.2) is 28.4 Å². The van der Waals surface area contributed by atoms with E-state index in [-0.39, 0.29) is 9.41 Å². The van der Waals surface area contributed by atoms with E-state index in [9.17, 15) is 0 Å². The second-order valence-electron chi connectivity index (χ2n) is 7.06. The highest BCUT2D eigenvalue weighted by molar-refractivity contribution is 5.25. The third kappa shape index (κ3) is 6.39. The molecule has 0 unspecified atom stereocenters. The van der Waals surface area contributed by atoms with Crippen molar-refractivity contribution >= 4 is 0 Å².